The smallest absolute Gasteiger partial charge is 0.127 e. The Bertz CT molecular complexity index is 296. The fourth-order valence-electron chi connectivity index (χ4n) is 1.66. The third kappa shape index (κ3) is 1.08. The number of nitrogens with two attached hydrogens (primary N) is 1. The zero-order chi connectivity index (χ0) is 8.55. The summed E-state index contributed by atoms with van der Waals surface area (Å²) < 4.78 is 5.65. The molecule has 2 rings (SSSR count). The molecule has 1 heterocycles. The van der Waals surface area contributed by atoms with Crippen molar-refractivity contribution >= 4 is 0 Å². The van der Waals surface area contributed by atoms with Crippen LogP contribution in [-0.2, 0) is 13.0 Å². The lowest BCUT2D eigenvalue weighted by molar-refractivity contribution is 0.252. The molecule has 0 saturated carbocycles. The number of hydrogen-bond acceptors (Lipinski definition) is 2. The van der Waals surface area contributed by atoms with Crippen molar-refractivity contribution in [3.63, 3.8) is 0 Å². The van der Waals surface area contributed by atoms with Gasteiger partial charge in [-0.25, -0.2) is 0 Å². The van der Waals surface area contributed by atoms with Gasteiger partial charge in [0.2, 0.25) is 0 Å². The molecule has 2 heteroatoms. The summed E-state index contributed by atoms with van der Waals surface area (Å²) in [7, 11) is 0. The van der Waals surface area contributed by atoms with E-state index in [0.717, 1.165) is 17.7 Å². The number of hydrogen-bond donors (Lipinski definition) is 1. The Labute approximate surface area is 72.3 Å². The summed E-state index contributed by atoms with van der Waals surface area (Å²) in [5.74, 6) is 1.02. The van der Waals surface area contributed by atoms with Crippen molar-refractivity contribution in [3.8, 4) is 5.75 Å². The molecular formula is C10H13NO. The fourth-order valence-corrected chi connectivity index (χ4v) is 1.66. The van der Waals surface area contributed by atoms with E-state index in [-0.39, 0.29) is 0 Å². The summed E-state index contributed by atoms with van der Waals surface area (Å²) in [6, 6.07) is 6.18. The molecule has 64 valence electrons. The van der Waals surface area contributed by atoms with Gasteiger partial charge < -0.3 is 10.5 Å². The summed E-state index contributed by atoms with van der Waals surface area (Å²) in [6.07, 6.45) is 1.33. The van der Waals surface area contributed by atoms with E-state index in [9.17, 15) is 0 Å². The monoisotopic (exact) mass is 163 g/mol. The Morgan fingerprint density at radius 1 is 1.58 bits per heavy atom. The quantitative estimate of drug-likeness (QED) is 0.680. The van der Waals surface area contributed by atoms with E-state index in [2.05, 4.69) is 13.0 Å². The standard InChI is InChI=1S/C10H13NO/c1-7-5-8-3-2-4-9(6-11)10(8)12-7/h2-4,7H,5-6,11H2,1H3. The van der Waals surface area contributed by atoms with Crippen LogP contribution in [0.1, 0.15) is 18.1 Å². The van der Waals surface area contributed by atoms with Crippen LogP contribution in [0, 0.1) is 0 Å². The van der Waals surface area contributed by atoms with Gasteiger partial charge in [0, 0.05) is 18.5 Å². The topological polar surface area (TPSA) is 35.2 Å². The molecule has 0 radical (unpaired) electrons. The first-order valence-corrected chi connectivity index (χ1v) is 4.28. The van der Waals surface area contributed by atoms with Gasteiger partial charge in [-0.2, -0.15) is 0 Å². The number of fused-ring (bicyclic) bond motifs is 1. The first-order chi connectivity index (χ1) is 5.81. The van der Waals surface area contributed by atoms with Crippen molar-refractivity contribution in [1.82, 2.24) is 0 Å². The maximum absolute atomic E-state index is 5.65. The highest BCUT2D eigenvalue weighted by Gasteiger charge is 2.20. The Balaban J connectivity index is 2.44. The molecule has 0 spiro atoms. The van der Waals surface area contributed by atoms with Gasteiger partial charge in [0.15, 0.2) is 0 Å². The van der Waals surface area contributed by atoms with Crippen LogP contribution in [0.15, 0.2) is 18.2 Å². The Kier molecular flexibility index (Phi) is 1.77. The van der Waals surface area contributed by atoms with Gasteiger partial charge in [0.1, 0.15) is 11.9 Å². The summed E-state index contributed by atoms with van der Waals surface area (Å²) in [5.41, 5.74) is 8.01. The second-order valence-corrected chi connectivity index (χ2v) is 3.24. The summed E-state index contributed by atoms with van der Waals surface area (Å²) in [5, 5.41) is 0. The lowest BCUT2D eigenvalue weighted by Crippen LogP contribution is -2.06. The van der Waals surface area contributed by atoms with Crippen molar-refractivity contribution in [2.75, 3.05) is 0 Å². The fraction of sp³-hybridized carbons (Fsp3) is 0.400. The first kappa shape index (κ1) is 7.62. The van der Waals surface area contributed by atoms with Crippen molar-refractivity contribution in [3.05, 3.63) is 29.3 Å². The van der Waals surface area contributed by atoms with E-state index >= 15 is 0 Å². The Morgan fingerprint density at radius 2 is 2.42 bits per heavy atom. The molecule has 0 aromatic heterocycles. The van der Waals surface area contributed by atoms with Gasteiger partial charge >= 0.3 is 0 Å². The molecule has 0 amide bonds. The van der Waals surface area contributed by atoms with Crippen molar-refractivity contribution in [2.24, 2.45) is 5.73 Å². The highest BCUT2D eigenvalue weighted by atomic mass is 16.5. The van der Waals surface area contributed by atoms with E-state index in [1.807, 2.05) is 12.1 Å². The molecule has 0 aliphatic carbocycles. The van der Waals surface area contributed by atoms with Crippen LogP contribution in [0.3, 0.4) is 0 Å². The molecule has 1 unspecified atom stereocenters. The second-order valence-electron chi connectivity index (χ2n) is 3.24. The Hall–Kier alpha value is -1.02. The maximum Gasteiger partial charge on any atom is 0.127 e. The summed E-state index contributed by atoms with van der Waals surface area (Å²) in [6.45, 7) is 2.65. The van der Waals surface area contributed by atoms with Crippen LogP contribution in [0.25, 0.3) is 0 Å². The van der Waals surface area contributed by atoms with E-state index in [1.165, 1.54) is 5.56 Å². The number of ether oxygens (including phenoxy) is 1. The molecule has 2 N–H and O–H groups in total. The molecule has 1 atom stereocenters. The number of rotatable bonds is 1. The SMILES string of the molecule is CC1Cc2cccc(CN)c2O1. The van der Waals surface area contributed by atoms with Gasteiger partial charge in [-0.05, 0) is 12.5 Å². The normalized spacial score (nSPS) is 20.3. The molecule has 1 aliphatic rings. The predicted octanol–water partition coefficient (Wildman–Crippen LogP) is 1.47. The minimum atomic E-state index is 0.313. The van der Waals surface area contributed by atoms with Crippen molar-refractivity contribution < 1.29 is 4.74 Å². The van der Waals surface area contributed by atoms with Crippen LogP contribution in [-0.4, -0.2) is 6.10 Å². The highest BCUT2D eigenvalue weighted by Crippen LogP contribution is 2.31. The van der Waals surface area contributed by atoms with Gasteiger partial charge in [0.05, 0.1) is 0 Å². The zero-order valence-corrected chi connectivity index (χ0v) is 7.21. The number of para-hydroxylation sites is 1. The molecule has 12 heavy (non-hydrogen) atoms. The molecule has 0 fully saturated rings. The van der Waals surface area contributed by atoms with Gasteiger partial charge in [-0.1, -0.05) is 18.2 Å². The van der Waals surface area contributed by atoms with Crippen LogP contribution in [0.5, 0.6) is 5.75 Å². The summed E-state index contributed by atoms with van der Waals surface area (Å²) >= 11 is 0. The third-order valence-electron chi connectivity index (χ3n) is 2.22. The van der Waals surface area contributed by atoms with E-state index in [0.29, 0.717) is 12.6 Å². The predicted molar refractivity (Wildman–Crippen MR) is 48.1 cm³/mol. The molecule has 0 saturated heterocycles. The third-order valence-corrected chi connectivity index (χ3v) is 2.22. The lowest BCUT2D eigenvalue weighted by Gasteiger charge is -2.06. The van der Waals surface area contributed by atoms with Gasteiger partial charge in [0.25, 0.3) is 0 Å². The van der Waals surface area contributed by atoms with Crippen LogP contribution in [0.4, 0.5) is 0 Å². The van der Waals surface area contributed by atoms with E-state index in [4.69, 9.17) is 10.5 Å². The maximum atomic E-state index is 5.65. The van der Waals surface area contributed by atoms with Gasteiger partial charge in [-0.3, -0.25) is 0 Å². The summed E-state index contributed by atoms with van der Waals surface area (Å²) in [4.78, 5) is 0. The molecule has 1 aromatic carbocycles. The number of benzene rings is 1. The average Bonchev–Trinajstić information content (AvgIpc) is 2.44. The van der Waals surface area contributed by atoms with Crippen molar-refractivity contribution in [1.29, 1.82) is 0 Å². The lowest BCUT2D eigenvalue weighted by atomic mass is 10.1. The first-order valence-electron chi connectivity index (χ1n) is 4.28. The second kappa shape index (κ2) is 2.79. The zero-order valence-electron chi connectivity index (χ0n) is 7.21. The molecular weight excluding hydrogens is 150 g/mol. The molecule has 1 aliphatic heterocycles. The average molecular weight is 163 g/mol. The Morgan fingerprint density at radius 3 is 3.17 bits per heavy atom. The highest BCUT2D eigenvalue weighted by molar-refractivity contribution is 5.44. The molecule has 1 aromatic rings. The van der Waals surface area contributed by atoms with Crippen LogP contribution in [0.2, 0.25) is 0 Å². The van der Waals surface area contributed by atoms with E-state index < -0.39 is 0 Å². The minimum absolute atomic E-state index is 0.313. The molecule has 2 nitrogen and oxygen atoms in total. The molecule has 0 bridgehead atoms. The van der Waals surface area contributed by atoms with Gasteiger partial charge in [-0.15, -0.1) is 0 Å². The van der Waals surface area contributed by atoms with Crippen LogP contribution < -0.4 is 10.5 Å². The largest absolute Gasteiger partial charge is 0.490 e. The van der Waals surface area contributed by atoms with E-state index in [1.54, 1.807) is 0 Å². The van der Waals surface area contributed by atoms with Crippen molar-refractivity contribution in [2.45, 2.75) is 26.0 Å². The minimum Gasteiger partial charge on any atom is -0.490 e. The van der Waals surface area contributed by atoms with Crippen LogP contribution >= 0.6 is 0 Å².